The van der Waals surface area contributed by atoms with Gasteiger partial charge in [0.1, 0.15) is 0 Å². The number of aromatic nitrogens is 2. The lowest BCUT2D eigenvalue weighted by Crippen LogP contribution is -2.58. The highest BCUT2D eigenvalue weighted by atomic mass is 32.2. The van der Waals surface area contributed by atoms with Crippen LogP contribution in [0.4, 0.5) is 0 Å². The molecule has 26 heavy (non-hydrogen) atoms. The highest BCUT2D eigenvalue weighted by Gasteiger charge is 2.49. The minimum atomic E-state index is -3.43. The van der Waals surface area contributed by atoms with E-state index < -0.39 is 10.0 Å². The summed E-state index contributed by atoms with van der Waals surface area (Å²) in [7, 11) is -1.49. The second kappa shape index (κ2) is 6.79. The van der Waals surface area contributed by atoms with Gasteiger partial charge in [-0.1, -0.05) is 18.2 Å². The minimum Gasteiger partial charge on any atom is -0.299 e. The molecule has 1 saturated heterocycles. The van der Waals surface area contributed by atoms with E-state index in [2.05, 4.69) is 20.9 Å². The number of benzene rings is 1. The summed E-state index contributed by atoms with van der Waals surface area (Å²) in [5.74, 6) is 0. The zero-order valence-electron chi connectivity index (χ0n) is 15.1. The summed E-state index contributed by atoms with van der Waals surface area (Å²) in [6.07, 6.45) is 8.14. The van der Waals surface area contributed by atoms with Crippen molar-refractivity contribution in [3.63, 3.8) is 0 Å². The lowest BCUT2D eigenvalue weighted by atomic mass is 9.59. The molecule has 2 aromatic rings. The molecular weight excluding hydrogens is 348 g/mol. The summed E-state index contributed by atoms with van der Waals surface area (Å²) in [4.78, 5) is 2.81. The van der Waals surface area contributed by atoms with E-state index >= 15 is 0 Å². The molecule has 1 spiro atoms. The first kappa shape index (κ1) is 17.7. The number of hydrogen-bond acceptors (Lipinski definition) is 4. The van der Waals surface area contributed by atoms with Crippen molar-refractivity contribution in [3.05, 3.63) is 48.3 Å². The van der Waals surface area contributed by atoms with E-state index in [9.17, 15) is 8.42 Å². The van der Waals surface area contributed by atoms with Gasteiger partial charge < -0.3 is 0 Å². The molecule has 4 rings (SSSR count). The van der Waals surface area contributed by atoms with Crippen LogP contribution in [0.15, 0.2) is 47.6 Å². The van der Waals surface area contributed by atoms with Crippen LogP contribution in [0.25, 0.3) is 0 Å². The standard InChI is InChI=1S/C19H26N4O2S/c1-22-14-16(13-20-22)15-23-11-9-19(10-12-23)8-7-18(19)21-26(24,25)17-5-3-2-4-6-17/h2-6,13-14,18,21H,7-12,15H2,1H3/t18-/m0/s1. The van der Waals surface area contributed by atoms with E-state index in [0.717, 1.165) is 45.3 Å². The number of nitrogens with one attached hydrogen (secondary N) is 1. The topological polar surface area (TPSA) is 67.2 Å². The molecule has 2 fully saturated rings. The van der Waals surface area contributed by atoms with Gasteiger partial charge in [0.15, 0.2) is 0 Å². The van der Waals surface area contributed by atoms with Crippen LogP contribution in [0.5, 0.6) is 0 Å². The van der Waals surface area contributed by atoms with Crippen molar-refractivity contribution in [1.82, 2.24) is 19.4 Å². The van der Waals surface area contributed by atoms with E-state index in [-0.39, 0.29) is 11.5 Å². The predicted molar refractivity (Wildman–Crippen MR) is 99.9 cm³/mol. The zero-order chi connectivity index (χ0) is 18.2. The highest BCUT2D eigenvalue weighted by molar-refractivity contribution is 7.89. The number of sulfonamides is 1. The molecule has 140 valence electrons. The van der Waals surface area contributed by atoms with Gasteiger partial charge in [0.2, 0.25) is 10.0 Å². The lowest BCUT2D eigenvalue weighted by Gasteiger charge is -2.54. The Kier molecular flexibility index (Phi) is 4.62. The van der Waals surface area contributed by atoms with E-state index in [0.29, 0.717) is 4.90 Å². The van der Waals surface area contributed by atoms with Crippen LogP contribution in [0.2, 0.25) is 0 Å². The third kappa shape index (κ3) is 3.43. The Balaban J connectivity index is 1.37. The van der Waals surface area contributed by atoms with Gasteiger partial charge in [-0.25, -0.2) is 13.1 Å². The third-order valence-corrected chi connectivity index (χ3v) is 7.52. The largest absolute Gasteiger partial charge is 0.299 e. The molecule has 0 bridgehead atoms. The summed E-state index contributed by atoms with van der Waals surface area (Å²) >= 11 is 0. The number of aryl methyl sites for hydroxylation is 1. The smallest absolute Gasteiger partial charge is 0.240 e. The van der Waals surface area contributed by atoms with Gasteiger partial charge in [-0.05, 0) is 56.3 Å². The van der Waals surface area contributed by atoms with E-state index in [1.807, 2.05) is 24.0 Å². The molecule has 1 aromatic heterocycles. The first-order valence-electron chi connectivity index (χ1n) is 9.24. The molecule has 1 N–H and O–H groups in total. The van der Waals surface area contributed by atoms with Crippen LogP contribution < -0.4 is 4.72 Å². The lowest BCUT2D eigenvalue weighted by molar-refractivity contribution is 0.000699. The summed E-state index contributed by atoms with van der Waals surface area (Å²) in [5.41, 5.74) is 1.37. The monoisotopic (exact) mass is 374 g/mol. The van der Waals surface area contributed by atoms with Crippen molar-refractivity contribution in [2.75, 3.05) is 13.1 Å². The molecule has 1 atom stereocenters. The molecule has 1 saturated carbocycles. The van der Waals surface area contributed by atoms with Crippen molar-refractivity contribution < 1.29 is 8.42 Å². The maximum absolute atomic E-state index is 12.6. The van der Waals surface area contributed by atoms with Gasteiger partial charge in [-0.15, -0.1) is 0 Å². The van der Waals surface area contributed by atoms with Gasteiger partial charge in [0.25, 0.3) is 0 Å². The fourth-order valence-electron chi connectivity index (χ4n) is 4.30. The van der Waals surface area contributed by atoms with Crippen molar-refractivity contribution >= 4 is 10.0 Å². The van der Waals surface area contributed by atoms with Crippen LogP contribution in [-0.2, 0) is 23.6 Å². The van der Waals surface area contributed by atoms with Gasteiger partial charge in [-0.2, -0.15) is 5.10 Å². The van der Waals surface area contributed by atoms with E-state index in [4.69, 9.17) is 0 Å². The molecule has 1 aliphatic carbocycles. The van der Waals surface area contributed by atoms with Crippen molar-refractivity contribution in [2.24, 2.45) is 12.5 Å². The Hall–Kier alpha value is -1.70. The molecule has 2 heterocycles. The minimum absolute atomic E-state index is 0.0632. The van der Waals surface area contributed by atoms with Crippen LogP contribution in [0.3, 0.4) is 0 Å². The Morgan fingerprint density at radius 2 is 1.92 bits per heavy atom. The molecule has 1 aliphatic heterocycles. The molecule has 0 unspecified atom stereocenters. The predicted octanol–water partition coefficient (Wildman–Crippen LogP) is 2.14. The van der Waals surface area contributed by atoms with Crippen LogP contribution in [-0.4, -0.2) is 42.2 Å². The Bertz CT molecular complexity index is 855. The summed E-state index contributed by atoms with van der Waals surface area (Å²) in [6, 6.07) is 8.74. The summed E-state index contributed by atoms with van der Waals surface area (Å²) < 4.78 is 30.1. The fraction of sp³-hybridized carbons (Fsp3) is 0.526. The second-order valence-corrected chi connectivity index (χ2v) is 9.40. The fourth-order valence-corrected chi connectivity index (χ4v) is 5.70. The van der Waals surface area contributed by atoms with Crippen LogP contribution in [0.1, 0.15) is 31.2 Å². The van der Waals surface area contributed by atoms with Crippen LogP contribution >= 0.6 is 0 Å². The number of likely N-dealkylation sites (tertiary alicyclic amines) is 1. The third-order valence-electron chi connectivity index (χ3n) is 6.04. The number of nitrogens with zero attached hydrogens (tertiary/aromatic N) is 3. The first-order chi connectivity index (χ1) is 12.5. The molecule has 7 heteroatoms. The van der Waals surface area contributed by atoms with Gasteiger partial charge in [0, 0.05) is 31.4 Å². The van der Waals surface area contributed by atoms with E-state index in [1.54, 1.807) is 24.3 Å². The number of piperidine rings is 1. The molecule has 1 aromatic carbocycles. The molecule has 6 nitrogen and oxygen atoms in total. The van der Waals surface area contributed by atoms with Gasteiger partial charge in [0.05, 0.1) is 11.1 Å². The maximum Gasteiger partial charge on any atom is 0.240 e. The van der Waals surface area contributed by atoms with Crippen LogP contribution in [0, 0.1) is 5.41 Å². The Labute approximate surface area is 155 Å². The molecule has 2 aliphatic rings. The summed E-state index contributed by atoms with van der Waals surface area (Å²) in [6.45, 7) is 2.95. The quantitative estimate of drug-likeness (QED) is 0.871. The zero-order valence-corrected chi connectivity index (χ0v) is 16.0. The Morgan fingerprint density at radius 1 is 1.19 bits per heavy atom. The first-order valence-corrected chi connectivity index (χ1v) is 10.7. The average Bonchev–Trinajstić information content (AvgIpc) is 3.05. The molecular formula is C19H26N4O2S. The second-order valence-electron chi connectivity index (χ2n) is 7.69. The van der Waals surface area contributed by atoms with E-state index in [1.165, 1.54) is 5.56 Å². The number of hydrogen-bond donors (Lipinski definition) is 1. The van der Waals surface area contributed by atoms with Gasteiger partial charge in [-0.3, -0.25) is 9.58 Å². The normalized spacial score (nSPS) is 23.0. The Morgan fingerprint density at radius 3 is 2.50 bits per heavy atom. The van der Waals surface area contributed by atoms with Crippen molar-refractivity contribution in [3.8, 4) is 0 Å². The van der Waals surface area contributed by atoms with Crippen molar-refractivity contribution in [1.29, 1.82) is 0 Å². The summed E-state index contributed by atoms with van der Waals surface area (Å²) in [5, 5.41) is 4.23. The number of rotatable bonds is 5. The molecule has 0 amide bonds. The van der Waals surface area contributed by atoms with Crippen molar-refractivity contribution in [2.45, 2.75) is 43.2 Å². The highest BCUT2D eigenvalue weighted by Crippen LogP contribution is 2.49. The molecule has 0 radical (unpaired) electrons. The van der Waals surface area contributed by atoms with Gasteiger partial charge >= 0.3 is 0 Å². The SMILES string of the molecule is Cn1cc(CN2CCC3(CC[C@@H]3NS(=O)(=O)c3ccccc3)CC2)cn1. The average molecular weight is 375 g/mol. The maximum atomic E-state index is 12.6.